The van der Waals surface area contributed by atoms with Crippen molar-refractivity contribution < 1.29 is 0 Å². The van der Waals surface area contributed by atoms with Gasteiger partial charge in [0.1, 0.15) is 5.82 Å². The number of alkyl halides is 1. The summed E-state index contributed by atoms with van der Waals surface area (Å²) in [5.41, 5.74) is 4.69. The molecule has 0 unspecified atom stereocenters. The smallest absolute Gasteiger partial charge is 0.111 e. The Morgan fingerprint density at radius 1 is 1.19 bits per heavy atom. The fourth-order valence-corrected chi connectivity index (χ4v) is 2.89. The number of halogens is 1. The van der Waals surface area contributed by atoms with E-state index in [-0.39, 0.29) is 0 Å². The number of imidazole rings is 1. The highest BCUT2D eigenvalue weighted by atomic mass is 35.5. The minimum atomic E-state index is 0.587. The molecule has 0 aliphatic carbocycles. The summed E-state index contributed by atoms with van der Waals surface area (Å²) in [5.74, 6) is 1.64. The van der Waals surface area contributed by atoms with E-state index in [9.17, 15) is 0 Å². The van der Waals surface area contributed by atoms with Crippen molar-refractivity contribution in [2.75, 3.05) is 5.88 Å². The van der Waals surface area contributed by atoms with Gasteiger partial charge in [-0.05, 0) is 31.0 Å². The van der Waals surface area contributed by atoms with E-state index in [1.54, 1.807) is 0 Å². The summed E-state index contributed by atoms with van der Waals surface area (Å²) in [6.07, 6.45) is 4.73. The third-order valence-electron chi connectivity index (χ3n) is 3.68. The Bertz CT molecular complexity index is 757. The van der Waals surface area contributed by atoms with E-state index < -0.39 is 0 Å². The minimum absolute atomic E-state index is 0.587. The number of rotatable bonds is 5. The van der Waals surface area contributed by atoms with Gasteiger partial charge in [0.25, 0.3) is 0 Å². The van der Waals surface area contributed by atoms with Crippen LogP contribution in [0.5, 0.6) is 0 Å². The summed E-state index contributed by atoms with van der Waals surface area (Å²) in [4.78, 5) is 4.73. The van der Waals surface area contributed by atoms with Crippen LogP contribution >= 0.6 is 11.6 Å². The summed E-state index contributed by atoms with van der Waals surface area (Å²) >= 11 is 5.92. The Kier molecular flexibility index (Phi) is 3.97. The third-order valence-corrected chi connectivity index (χ3v) is 3.87. The van der Waals surface area contributed by atoms with Crippen LogP contribution in [0.15, 0.2) is 30.6 Å². The average molecular weight is 303 g/mol. The molecule has 0 spiro atoms. The van der Waals surface area contributed by atoms with Crippen LogP contribution in [-0.2, 0) is 19.5 Å². The van der Waals surface area contributed by atoms with E-state index >= 15 is 0 Å². The second kappa shape index (κ2) is 5.90. The average Bonchev–Trinajstić information content (AvgIpc) is 3.01. The van der Waals surface area contributed by atoms with Gasteiger partial charge in [-0.1, -0.05) is 12.1 Å². The first-order chi connectivity index (χ1) is 10.2. The molecule has 3 rings (SSSR count). The first kappa shape index (κ1) is 14.1. The van der Waals surface area contributed by atoms with Crippen LogP contribution in [0.4, 0.5) is 0 Å². The summed E-state index contributed by atoms with van der Waals surface area (Å²) in [6, 6.07) is 6.24. The van der Waals surface area contributed by atoms with E-state index in [0.29, 0.717) is 5.88 Å². The highest BCUT2D eigenvalue weighted by Gasteiger charge is 2.12. The summed E-state index contributed by atoms with van der Waals surface area (Å²) in [5, 5.41) is 4.35. The predicted octanol–water partition coefficient (Wildman–Crippen LogP) is 3.33. The molecule has 4 nitrogen and oxygen atoms in total. The molecule has 2 heterocycles. The Labute approximate surface area is 129 Å². The van der Waals surface area contributed by atoms with Gasteiger partial charge in [-0.15, -0.1) is 11.6 Å². The van der Waals surface area contributed by atoms with Crippen molar-refractivity contribution in [2.24, 2.45) is 0 Å². The van der Waals surface area contributed by atoms with Crippen LogP contribution in [-0.4, -0.2) is 25.2 Å². The molecular formula is C16H19ClN4. The van der Waals surface area contributed by atoms with Crippen molar-refractivity contribution >= 4 is 22.6 Å². The zero-order valence-corrected chi connectivity index (χ0v) is 13.1. The number of nitrogens with zero attached hydrogens (tertiary/aromatic N) is 4. The van der Waals surface area contributed by atoms with Crippen molar-refractivity contribution in [3.05, 3.63) is 47.5 Å². The minimum Gasteiger partial charge on any atom is -0.326 e. The molecule has 110 valence electrons. The van der Waals surface area contributed by atoms with E-state index in [1.165, 1.54) is 16.6 Å². The topological polar surface area (TPSA) is 35.6 Å². The number of aromatic nitrogens is 4. The number of fused-ring (bicyclic) bond motifs is 1. The molecule has 0 N–H and O–H groups in total. The quantitative estimate of drug-likeness (QED) is 0.678. The van der Waals surface area contributed by atoms with Crippen LogP contribution in [0.25, 0.3) is 11.0 Å². The Morgan fingerprint density at radius 3 is 2.76 bits per heavy atom. The van der Waals surface area contributed by atoms with Gasteiger partial charge in [0.15, 0.2) is 0 Å². The van der Waals surface area contributed by atoms with Gasteiger partial charge in [-0.2, -0.15) is 5.10 Å². The lowest BCUT2D eigenvalue weighted by molar-refractivity contribution is 0.529. The molecule has 5 heteroatoms. The number of benzene rings is 1. The summed E-state index contributed by atoms with van der Waals surface area (Å²) < 4.78 is 4.26. The molecule has 0 aliphatic heterocycles. The maximum absolute atomic E-state index is 5.92. The lowest BCUT2D eigenvalue weighted by Crippen LogP contribution is -2.11. The molecule has 3 aromatic rings. The van der Waals surface area contributed by atoms with Crippen LogP contribution in [0.1, 0.15) is 17.0 Å². The normalized spacial score (nSPS) is 11.4. The molecule has 0 saturated carbocycles. The van der Waals surface area contributed by atoms with E-state index in [0.717, 1.165) is 30.9 Å². The van der Waals surface area contributed by atoms with Crippen molar-refractivity contribution in [1.29, 1.82) is 0 Å². The molecular weight excluding hydrogens is 284 g/mol. The molecule has 0 atom stereocenters. The Balaban J connectivity index is 1.96. The number of para-hydroxylation sites is 1. The maximum atomic E-state index is 5.92. The van der Waals surface area contributed by atoms with Gasteiger partial charge >= 0.3 is 0 Å². The fraction of sp³-hybridized carbons (Fsp3) is 0.375. The molecule has 0 saturated heterocycles. The Morgan fingerprint density at radius 2 is 2.05 bits per heavy atom. The highest BCUT2D eigenvalue weighted by molar-refractivity contribution is 6.17. The van der Waals surface area contributed by atoms with Gasteiger partial charge in [0.05, 0.1) is 23.8 Å². The highest BCUT2D eigenvalue weighted by Crippen LogP contribution is 2.21. The van der Waals surface area contributed by atoms with Gasteiger partial charge in [0.2, 0.25) is 0 Å². The molecule has 21 heavy (non-hydrogen) atoms. The third kappa shape index (κ3) is 2.81. The van der Waals surface area contributed by atoms with E-state index in [4.69, 9.17) is 16.6 Å². The molecule has 2 aromatic heterocycles. The second-order valence-electron chi connectivity index (χ2n) is 5.34. The van der Waals surface area contributed by atoms with Crippen molar-refractivity contribution in [3.63, 3.8) is 0 Å². The molecule has 0 aliphatic rings. The van der Waals surface area contributed by atoms with Crippen molar-refractivity contribution in [2.45, 2.75) is 33.4 Å². The number of aryl methyl sites for hydroxylation is 5. The fourth-order valence-electron chi connectivity index (χ4n) is 2.72. The van der Waals surface area contributed by atoms with E-state index in [1.807, 2.05) is 10.9 Å². The van der Waals surface area contributed by atoms with Crippen LogP contribution in [0, 0.1) is 13.8 Å². The SMILES string of the molecule is Cc1cnn(CCn2c(CCCl)nc3cccc(C)c32)c1. The summed E-state index contributed by atoms with van der Waals surface area (Å²) in [7, 11) is 0. The standard InChI is InChI=1S/C16H19ClN4/c1-12-10-18-20(11-12)8-9-21-15(6-7-17)19-14-5-3-4-13(2)16(14)21/h3-5,10-11H,6-9H2,1-2H3. The first-order valence-corrected chi connectivity index (χ1v) is 7.72. The predicted molar refractivity (Wildman–Crippen MR) is 85.9 cm³/mol. The van der Waals surface area contributed by atoms with Crippen molar-refractivity contribution in [3.8, 4) is 0 Å². The maximum Gasteiger partial charge on any atom is 0.111 e. The van der Waals surface area contributed by atoms with E-state index in [2.05, 4.69) is 47.9 Å². The first-order valence-electron chi connectivity index (χ1n) is 7.19. The van der Waals surface area contributed by atoms with Gasteiger partial charge < -0.3 is 4.57 Å². The van der Waals surface area contributed by atoms with Crippen molar-refractivity contribution in [1.82, 2.24) is 19.3 Å². The van der Waals surface area contributed by atoms with Crippen LogP contribution in [0.2, 0.25) is 0 Å². The lowest BCUT2D eigenvalue weighted by Gasteiger charge is -2.10. The van der Waals surface area contributed by atoms with Crippen LogP contribution < -0.4 is 0 Å². The molecule has 0 bridgehead atoms. The number of hydrogen-bond acceptors (Lipinski definition) is 2. The lowest BCUT2D eigenvalue weighted by atomic mass is 10.2. The van der Waals surface area contributed by atoms with Gasteiger partial charge in [-0.25, -0.2) is 4.98 Å². The second-order valence-corrected chi connectivity index (χ2v) is 5.72. The molecule has 0 radical (unpaired) electrons. The van der Waals surface area contributed by atoms with Gasteiger partial charge in [0, 0.05) is 25.0 Å². The largest absolute Gasteiger partial charge is 0.326 e. The summed E-state index contributed by atoms with van der Waals surface area (Å²) in [6.45, 7) is 5.87. The number of hydrogen-bond donors (Lipinski definition) is 0. The Hall–Kier alpha value is -1.81. The van der Waals surface area contributed by atoms with Gasteiger partial charge in [-0.3, -0.25) is 4.68 Å². The molecule has 1 aromatic carbocycles. The zero-order valence-electron chi connectivity index (χ0n) is 12.4. The molecule has 0 amide bonds. The zero-order chi connectivity index (χ0) is 14.8. The molecule has 0 fully saturated rings. The monoisotopic (exact) mass is 302 g/mol. The van der Waals surface area contributed by atoms with Crippen LogP contribution in [0.3, 0.4) is 0 Å².